The van der Waals surface area contributed by atoms with Gasteiger partial charge in [0.05, 0.1) is 0 Å². The summed E-state index contributed by atoms with van der Waals surface area (Å²) < 4.78 is 45.5. The Balaban J connectivity index is 1.55. The number of halogens is 3. The molecule has 6 heteroatoms. The molecule has 0 aliphatic heterocycles. The van der Waals surface area contributed by atoms with Crippen LogP contribution in [0, 0.1) is 12.8 Å². The minimum absolute atomic E-state index is 0.125. The Morgan fingerprint density at radius 1 is 0.829 bits per heavy atom. The van der Waals surface area contributed by atoms with Crippen LogP contribution >= 0.6 is 0 Å². The number of esters is 1. The summed E-state index contributed by atoms with van der Waals surface area (Å²) in [5.74, 6) is -0.274. The number of carbonyl (C=O) groups excluding carboxylic acids is 1. The Morgan fingerprint density at radius 2 is 1.46 bits per heavy atom. The summed E-state index contributed by atoms with van der Waals surface area (Å²) in [6.45, 7) is 6.36. The second-order valence-electron chi connectivity index (χ2n) is 10.1. The number of rotatable bonds is 11. The van der Waals surface area contributed by atoms with Gasteiger partial charge >= 0.3 is 248 Å². The van der Waals surface area contributed by atoms with Crippen LogP contribution < -0.4 is 4.46 Å². The molecule has 0 radical (unpaired) electrons. The van der Waals surface area contributed by atoms with Crippen LogP contribution in [-0.4, -0.2) is 27.5 Å². The van der Waals surface area contributed by atoms with Crippen LogP contribution in [0.15, 0.2) is 97.1 Å². The molecule has 2 unspecified atom stereocenters. The van der Waals surface area contributed by atoms with Gasteiger partial charge in [0.2, 0.25) is 0 Å². The van der Waals surface area contributed by atoms with Gasteiger partial charge in [-0.1, -0.05) is 0 Å². The first-order valence-corrected chi connectivity index (χ1v) is 15.8. The Bertz CT molecular complexity index is 1420. The first-order chi connectivity index (χ1) is 19.7. The van der Waals surface area contributed by atoms with Gasteiger partial charge in [0, 0.05) is 0 Å². The van der Waals surface area contributed by atoms with E-state index >= 15 is 0 Å². The number of alkyl halides is 3. The van der Waals surface area contributed by atoms with Crippen molar-refractivity contribution in [1.82, 2.24) is 0 Å². The first-order valence-electron chi connectivity index (χ1n) is 13.9. The molecule has 0 saturated heterocycles. The molecule has 2 nitrogen and oxygen atoms in total. The molecule has 2 atom stereocenters. The van der Waals surface area contributed by atoms with Gasteiger partial charge in [-0.2, -0.15) is 0 Å². The van der Waals surface area contributed by atoms with Crippen LogP contribution in [0.2, 0.25) is 0 Å². The van der Waals surface area contributed by atoms with Gasteiger partial charge in [-0.3, -0.25) is 0 Å². The molecule has 4 aromatic rings. The number of hydrogen-bond acceptors (Lipinski definition) is 2. The third-order valence-corrected chi connectivity index (χ3v) is 9.88. The van der Waals surface area contributed by atoms with Gasteiger partial charge in [-0.15, -0.1) is 0 Å². The second-order valence-corrected chi connectivity index (χ2v) is 12.8. The second kappa shape index (κ2) is 14.0. The summed E-state index contributed by atoms with van der Waals surface area (Å²) in [7, 11) is 0. The van der Waals surface area contributed by atoms with E-state index in [0.717, 1.165) is 36.1 Å². The van der Waals surface area contributed by atoms with Crippen molar-refractivity contribution in [3.8, 4) is 11.1 Å². The summed E-state index contributed by atoms with van der Waals surface area (Å²) >= 11 is 0.125. The zero-order valence-electron chi connectivity index (χ0n) is 23.6. The monoisotopic (exact) mass is 624 g/mol. The Labute approximate surface area is 247 Å². The fraction of sp³-hybridized carbons (Fsp3) is 0.286. The topological polar surface area (TPSA) is 26.3 Å². The van der Waals surface area contributed by atoms with Crippen molar-refractivity contribution in [2.75, 3.05) is 6.61 Å². The molecule has 0 amide bonds. The molecule has 0 aliphatic rings. The maximum atomic E-state index is 13.0. The quantitative estimate of drug-likeness (QED) is 0.125. The molecule has 0 heterocycles. The van der Waals surface area contributed by atoms with E-state index in [1.807, 2.05) is 32.0 Å². The Hall–Kier alpha value is -3.34. The Morgan fingerprint density at radius 3 is 2.02 bits per heavy atom. The molecule has 0 bridgehead atoms. The molecule has 0 aliphatic carbocycles. The first kappa shape index (κ1) is 30.6. The molecule has 4 aromatic carbocycles. The molecule has 4 rings (SSSR count). The zero-order chi connectivity index (χ0) is 29.4. The fourth-order valence-electron chi connectivity index (χ4n) is 4.85. The van der Waals surface area contributed by atoms with E-state index in [1.165, 1.54) is 38.8 Å². The molecule has 41 heavy (non-hydrogen) atoms. The number of carbonyl (C=O) groups is 1. The van der Waals surface area contributed by atoms with Gasteiger partial charge in [-0.25, -0.2) is 0 Å². The van der Waals surface area contributed by atoms with Crippen molar-refractivity contribution < 1.29 is 22.7 Å². The molecular formula is C35H35F3O2Se. The summed E-state index contributed by atoms with van der Waals surface area (Å²) in [4.78, 5) is 12.6. The standard InChI is InChI=1S/C35H35F3O2Se/c1-4-26(34(39)40-5-2)23-30-17-20-32(21-24(30)3)41-33(22-25-9-7-6-8-10-25)29-13-11-27(12-14-29)28-15-18-31(19-16-28)35(36,37)38/h6-21,26,33H,4-5,22-23H2,1-3H3. The SMILES string of the molecule is CCOC(=O)C(CC)Cc1ccc([Se]C(Cc2ccccc2)c2ccc(-c3ccc(C(F)(F)F)cc3)cc2)cc1C. The molecular weight excluding hydrogens is 588 g/mol. The average molecular weight is 624 g/mol. The zero-order valence-corrected chi connectivity index (χ0v) is 25.3. The summed E-state index contributed by atoms with van der Waals surface area (Å²) in [6.07, 6.45) is -2.04. The van der Waals surface area contributed by atoms with Crippen LogP contribution in [0.3, 0.4) is 0 Å². The third kappa shape index (κ3) is 8.34. The van der Waals surface area contributed by atoms with Crippen molar-refractivity contribution in [1.29, 1.82) is 0 Å². The molecule has 214 valence electrons. The van der Waals surface area contributed by atoms with Gasteiger partial charge in [0.25, 0.3) is 0 Å². The molecule has 0 N–H and O–H groups in total. The predicted molar refractivity (Wildman–Crippen MR) is 160 cm³/mol. The molecule has 0 aromatic heterocycles. The average Bonchev–Trinajstić information content (AvgIpc) is 2.97. The van der Waals surface area contributed by atoms with E-state index in [0.29, 0.717) is 13.0 Å². The van der Waals surface area contributed by atoms with Crippen molar-refractivity contribution in [2.24, 2.45) is 5.92 Å². The minimum atomic E-state index is -4.34. The van der Waals surface area contributed by atoms with E-state index in [2.05, 4.69) is 61.5 Å². The van der Waals surface area contributed by atoms with Gasteiger partial charge < -0.3 is 0 Å². The van der Waals surface area contributed by atoms with Gasteiger partial charge in [-0.05, 0) is 0 Å². The van der Waals surface area contributed by atoms with E-state index in [4.69, 9.17) is 4.74 Å². The Kier molecular flexibility index (Phi) is 10.5. The summed E-state index contributed by atoms with van der Waals surface area (Å²) in [5, 5.41) is 0. The maximum absolute atomic E-state index is 13.0. The summed E-state index contributed by atoms with van der Waals surface area (Å²) in [6, 6.07) is 30.5. The van der Waals surface area contributed by atoms with Crippen molar-refractivity contribution in [2.45, 2.75) is 51.0 Å². The van der Waals surface area contributed by atoms with Crippen molar-refractivity contribution in [3.05, 3.63) is 125 Å². The van der Waals surface area contributed by atoms with Crippen LogP contribution in [-0.2, 0) is 28.5 Å². The van der Waals surface area contributed by atoms with Crippen LogP contribution in [0.4, 0.5) is 13.2 Å². The van der Waals surface area contributed by atoms with E-state index in [9.17, 15) is 18.0 Å². The fourth-order valence-corrected chi connectivity index (χ4v) is 7.56. The van der Waals surface area contributed by atoms with Crippen LogP contribution in [0.25, 0.3) is 11.1 Å². The number of ether oxygens (including phenoxy) is 1. The van der Waals surface area contributed by atoms with Gasteiger partial charge in [0.15, 0.2) is 0 Å². The van der Waals surface area contributed by atoms with E-state index < -0.39 is 11.7 Å². The molecule has 0 saturated carbocycles. The predicted octanol–water partition coefficient (Wildman–Crippen LogP) is 8.13. The van der Waals surface area contributed by atoms with Crippen molar-refractivity contribution >= 4 is 25.4 Å². The van der Waals surface area contributed by atoms with E-state index in [-0.39, 0.29) is 31.7 Å². The number of hydrogen-bond donors (Lipinski definition) is 0. The number of aryl methyl sites for hydroxylation is 1. The normalized spacial score (nSPS) is 13.0. The van der Waals surface area contributed by atoms with Gasteiger partial charge in [0.1, 0.15) is 0 Å². The number of benzene rings is 4. The van der Waals surface area contributed by atoms with E-state index in [1.54, 1.807) is 0 Å². The van der Waals surface area contributed by atoms with Crippen molar-refractivity contribution in [3.63, 3.8) is 0 Å². The summed E-state index contributed by atoms with van der Waals surface area (Å²) in [5.41, 5.74) is 5.83. The van der Waals surface area contributed by atoms with Crippen LogP contribution in [0.1, 0.15) is 52.9 Å². The molecule has 0 fully saturated rings. The van der Waals surface area contributed by atoms with Crippen LogP contribution in [0.5, 0.6) is 0 Å². The third-order valence-electron chi connectivity index (χ3n) is 7.26. The molecule has 0 spiro atoms.